The standard InChI is InChI=1S/C26H29NO4/c1-4-15-31-18-23(22-11-10-20-7-5-6-8-21(20)17-22)26(28)27-14-13-19-9-12-24(29-2)25(16-19)30-3/h1,9-12,16-18H,5-8,13-15H2,2-3H3,(H,27,28)/b23-18-. The number of nitrogens with one attached hydrogen (secondary N) is 1. The molecule has 0 saturated carbocycles. The Morgan fingerprint density at radius 3 is 2.58 bits per heavy atom. The van der Waals surface area contributed by atoms with Gasteiger partial charge in [0.1, 0.15) is 6.61 Å². The molecule has 0 aliphatic heterocycles. The normalized spacial score (nSPS) is 13.0. The van der Waals surface area contributed by atoms with Gasteiger partial charge >= 0.3 is 0 Å². The van der Waals surface area contributed by atoms with E-state index < -0.39 is 0 Å². The molecule has 0 atom stereocenters. The number of ether oxygens (including phenoxy) is 3. The van der Waals surface area contributed by atoms with Crippen molar-refractivity contribution in [2.75, 3.05) is 27.4 Å². The third-order valence-corrected chi connectivity index (χ3v) is 5.42. The fourth-order valence-electron chi connectivity index (χ4n) is 3.78. The van der Waals surface area contributed by atoms with Crippen molar-refractivity contribution in [3.05, 3.63) is 64.9 Å². The lowest BCUT2D eigenvalue weighted by atomic mass is 9.89. The molecule has 1 amide bonds. The third kappa shape index (κ3) is 5.82. The average molecular weight is 420 g/mol. The first-order valence-electron chi connectivity index (χ1n) is 10.5. The van der Waals surface area contributed by atoms with E-state index in [9.17, 15) is 4.79 Å². The minimum absolute atomic E-state index is 0.118. The Kier molecular flexibility index (Phi) is 8.00. The van der Waals surface area contributed by atoms with Gasteiger partial charge in [0.2, 0.25) is 0 Å². The SMILES string of the molecule is C#CCO/C=C(\C(=O)NCCc1ccc(OC)c(OC)c1)c1ccc2c(c1)CCCC2. The van der Waals surface area contributed by atoms with Crippen LogP contribution in [0.2, 0.25) is 0 Å². The van der Waals surface area contributed by atoms with Crippen LogP contribution in [0.25, 0.3) is 5.57 Å². The maximum Gasteiger partial charge on any atom is 0.255 e. The number of terminal acetylenes is 1. The van der Waals surface area contributed by atoms with E-state index in [4.69, 9.17) is 20.6 Å². The first-order valence-corrected chi connectivity index (χ1v) is 10.5. The molecule has 0 heterocycles. The maximum absolute atomic E-state index is 13.0. The molecule has 2 aromatic rings. The van der Waals surface area contributed by atoms with E-state index in [0.29, 0.717) is 30.0 Å². The number of hydrogen-bond donors (Lipinski definition) is 1. The average Bonchev–Trinajstić information content (AvgIpc) is 2.81. The van der Waals surface area contributed by atoms with Gasteiger partial charge in [-0.05, 0) is 66.5 Å². The number of carbonyl (C=O) groups excluding carboxylic acids is 1. The van der Waals surface area contributed by atoms with Crippen LogP contribution in [-0.2, 0) is 28.8 Å². The van der Waals surface area contributed by atoms with Gasteiger partial charge in [0, 0.05) is 6.54 Å². The fourth-order valence-corrected chi connectivity index (χ4v) is 3.78. The second-order valence-corrected chi connectivity index (χ2v) is 7.43. The van der Waals surface area contributed by atoms with Crippen LogP contribution in [0.5, 0.6) is 11.5 Å². The number of benzene rings is 2. The molecule has 162 valence electrons. The highest BCUT2D eigenvalue weighted by Gasteiger charge is 2.16. The molecule has 1 aliphatic rings. The lowest BCUT2D eigenvalue weighted by molar-refractivity contribution is -0.115. The Morgan fingerprint density at radius 2 is 1.84 bits per heavy atom. The summed E-state index contributed by atoms with van der Waals surface area (Å²) in [5.41, 5.74) is 5.05. The number of aryl methyl sites for hydroxylation is 2. The molecule has 0 unspecified atom stereocenters. The lowest BCUT2D eigenvalue weighted by Gasteiger charge is -2.17. The van der Waals surface area contributed by atoms with E-state index in [0.717, 1.165) is 24.0 Å². The summed E-state index contributed by atoms with van der Waals surface area (Å²) >= 11 is 0. The second kappa shape index (κ2) is 11.1. The Hall–Kier alpha value is -3.39. The van der Waals surface area contributed by atoms with Crippen molar-refractivity contribution in [3.63, 3.8) is 0 Å². The molecule has 0 radical (unpaired) electrons. The minimum atomic E-state index is -0.187. The largest absolute Gasteiger partial charge is 0.493 e. The molecule has 5 nitrogen and oxygen atoms in total. The topological polar surface area (TPSA) is 56.8 Å². The molecular weight excluding hydrogens is 390 g/mol. The molecular formula is C26H29NO4. The van der Waals surface area contributed by atoms with Gasteiger partial charge in [0.05, 0.1) is 26.1 Å². The molecule has 0 saturated heterocycles. The Labute approximate surface area is 184 Å². The summed E-state index contributed by atoms with van der Waals surface area (Å²) in [6.07, 6.45) is 12.0. The second-order valence-electron chi connectivity index (χ2n) is 7.43. The molecule has 5 heteroatoms. The van der Waals surface area contributed by atoms with E-state index >= 15 is 0 Å². The smallest absolute Gasteiger partial charge is 0.255 e. The maximum atomic E-state index is 13.0. The molecule has 1 N–H and O–H groups in total. The van der Waals surface area contributed by atoms with Crippen molar-refractivity contribution in [2.24, 2.45) is 0 Å². The number of rotatable bonds is 9. The van der Waals surface area contributed by atoms with Crippen LogP contribution in [0.3, 0.4) is 0 Å². The van der Waals surface area contributed by atoms with Crippen LogP contribution in [0.1, 0.15) is 35.1 Å². The van der Waals surface area contributed by atoms with Crippen molar-refractivity contribution in [3.8, 4) is 23.8 Å². The summed E-state index contributed by atoms with van der Waals surface area (Å²) in [6, 6.07) is 12.0. The molecule has 3 rings (SSSR count). The summed E-state index contributed by atoms with van der Waals surface area (Å²) < 4.78 is 16.0. The van der Waals surface area contributed by atoms with Crippen LogP contribution < -0.4 is 14.8 Å². The Morgan fingerprint density at radius 1 is 1.06 bits per heavy atom. The molecule has 0 spiro atoms. The van der Waals surface area contributed by atoms with Gasteiger partial charge in [-0.2, -0.15) is 0 Å². The van der Waals surface area contributed by atoms with E-state index in [1.165, 1.54) is 30.2 Å². The van der Waals surface area contributed by atoms with Crippen molar-refractivity contribution in [1.82, 2.24) is 5.32 Å². The van der Waals surface area contributed by atoms with Crippen molar-refractivity contribution >= 4 is 11.5 Å². The van der Waals surface area contributed by atoms with Crippen LogP contribution in [0.4, 0.5) is 0 Å². The predicted octanol–water partition coefficient (Wildman–Crippen LogP) is 3.93. The highest BCUT2D eigenvalue weighted by atomic mass is 16.5. The van der Waals surface area contributed by atoms with Crippen molar-refractivity contribution < 1.29 is 19.0 Å². The van der Waals surface area contributed by atoms with E-state index in [2.05, 4.69) is 23.4 Å². The summed E-state index contributed by atoms with van der Waals surface area (Å²) in [4.78, 5) is 13.0. The van der Waals surface area contributed by atoms with Gasteiger partial charge in [0.25, 0.3) is 5.91 Å². The zero-order valence-corrected chi connectivity index (χ0v) is 18.2. The van der Waals surface area contributed by atoms with E-state index in [-0.39, 0.29) is 12.5 Å². The van der Waals surface area contributed by atoms with Crippen molar-refractivity contribution in [2.45, 2.75) is 32.1 Å². The predicted molar refractivity (Wildman–Crippen MR) is 122 cm³/mol. The highest BCUT2D eigenvalue weighted by molar-refractivity contribution is 6.19. The molecule has 1 aliphatic carbocycles. The minimum Gasteiger partial charge on any atom is -0.493 e. The first-order chi connectivity index (χ1) is 15.2. The van der Waals surface area contributed by atoms with Crippen LogP contribution in [0.15, 0.2) is 42.7 Å². The summed E-state index contributed by atoms with van der Waals surface area (Å²) in [5, 5.41) is 2.99. The van der Waals surface area contributed by atoms with E-state index in [1.54, 1.807) is 14.2 Å². The van der Waals surface area contributed by atoms with Crippen LogP contribution >= 0.6 is 0 Å². The Bertz CT molecular complexity index is 987. The number of hydrogen-bond acceptors (Lipinski definition) is 4. The van der Waals surface area contributed by atoms with Crippen LogP contribution in [0, 0.1) is 12.3 Å². The van der Waals surface area contributed by atoms with Gasteiger partial charge in [-0.15, -0.1) is 6.42 Å². The monoisotopic (exact) mass is 419 g/mol. The van der Waals surface area contributed by atoms with Gasteiger partial charge in [-0.3, -0.25) is 4.79 Å². The lowest BCUT2D eigenvalue weighted by Crippen LogP contribution is -2.27. The van der Waals surface area contributed by atoms with Crippen molar-refractivity contribution in [1.29, 1.82) is 0 Å². The van der Waals surface area contributed by atoms with Gasteiger partial charge in [-0.1, -0.05) is 30.2 Å². The third-order valence-electron chi connectivity index (χ3n) is 5.42. The molecule has 0 bridgehead atoms. The summed E-state index contributed by atoms with van der Waals surface area (Å²) in [5.74, 6) is 3.59. The fraction of sp³-hybridized carbons (Fsp3) is 0.346. The summed E-state index contributed by atoms with van der Waals surface area (Å²) in [7, 11) is 3.21. The molecule has 2 aromatic carbocycles. The first kappa shape index (κ1) is 22.3. The molecule has 0 fully saturated rings. The molecule has 0 aromatic heterocycles. The number of methoxy groups -OCH3 is 2. The Balaban J connectivity index is 1.69. The number of amides is 1. The number of carbonyl (C=O) groups is 1. The van der Waals surface area contributed by atoms with Crippen LogP contribution in [-0.4, -0.2) is 33.3 Å². The molecule has 31 heavy (non-hydrogen) atoms. The zero-order chi connectivity index (χ0) is 22.1. The summed E-state index contributed by atoms with van der Waals surface area (Å²) in [6.45, 7) is 0.596. The van der Waals surface area contributed by atoms with Gasteiger partial charge < -0.3 is 19.5 Å². The van der Waals surface area contributed by atoms with Gasteiger partial charge in [-0.25, -0.2) is 0 Å². The quantitative estimate of drug-likeness (QED) is 0.290. The van der Waals surface area contributed by atoms with E-state index in [1.807, 2.05) is 24.3 Å². The van der Waals surface area contributed by atoms with Gasteiger partial charge in [0.15, 0.2) is 11.5 Å². The number of fused-ring (bicyclic) bond motifs is 1. The zero-order valence-electron chi connectivity index (χ0n) is 18.2. The highest BCUT2D eigenvalue weighted by Crippen LogP contribution is 2.28.